The monoisotopic (exact) mass is 275 g/mol. The van der Waals surface area contributed by atoms with Crippen LogP contribution in [0.15, 0.2) is 72.9 Å². The molecular weight excluding hydrogens is 258 g/mol. The van der Waals surface area contributed by atoms with Gasteiger partial charge in [-0.1, -0.05) is 54.6 Å². The summed E-state index contributed by atoms with van der Waals surface area (Å²) < 4.78 is 5.17. The largest absolute Gasteiger partial charge is 0.481 e. The van der Waals surface area contributed by atoms with Crippen molar-refractivity contribution in [2.75, 3.05) is 7.11 Å². The first-order chi connectivity index (χ1) is 10.3. The van der Waals surface area contributed by atoms with Crippen molar-refractivity contribution >= 4 is 0 Å². The maximum atomic E-state index is 5.17. The summed E-state index contributed by atoms with van der Waals surface area (Å²) in [6.07, 6.45) is 2.66. The molecule has 0 bridgehead atoms. The van der Waals surface area contributed by atoms with E-state index in [-0.39, 0.29) is 0 Å². The number of nitrogens with zero attached hydrogens (tertiary/aromatic N) is 1. The molecule has 0 fully saturated rings. The number of pyridine rings is 1. The number of benzene rings is 2. The number of rotatable bonds is 4. The van der Waals surface area contributed by atoms with E-state index in [1.165, 1.54) is 22.3 Å². The Kier molecular flexibility index (Phi) is 3.97. The van der Waals surface area contributed by atoms with Gasteiger partial charge in [0, 0.05) is 12.3 Å². The summed E-state index contributed by atoms with van der Waals surface area (Å²) >= 11 is 0. The van der Waals surface area contributed by atoms with E-state index in [9.17, 15) is 0 Å². The molecule has 3 rings (SSSR count). The molecule has 2 aromatic carbocycles. The zero-order valence-corrected chi connectivity index (χ0v) is 12.0. The van der Waals surface area contributed by atoms with Gasteiger partial charge in [-0.25, -0.2) is 4.98 Å². The second-order valence-electron chi connectivity index (χ2n) is 4.95. The number of hydrogen-bond acceptors (Lipinski definition) is 2. The fourth-order valence-corrected chi connectivity index (χ4v) is 2.40. The second kappa shape index (κ2) is 6.23. The first-order valence-corrected chi connectivity index (χ1v) is 6.98. The molecule has 21 heavy (non-hydrogen) atoms. The van der Waals surface area contributed by atoms with Gasteiger partial charge < -0.3 is 4.74 Å². The number of aromatic nitrogens is 1. The third-order valence-corrected chi connectivity index (χ3v) is 3.45. The van der Waals surface area contributed by atoms with E-state index in [4.69, 9.17) is 4.74 Å². The lowest BCUT2D eigenvalue weighted by Gasteiger charge is -2.07. The lowest BCUT2D eigenvalue weighted by Crippen LogP contribution is -1.92. The Morgan fingerprint density at radius 2 is 1.57 bits per heavy atom. The third kappa shape index (κ3) is 3.29. The summed E-state index contributed by atoms with van der Waals surface area (Å²) in [7, 11) is 1.64. The lowest BCUT2D eigenvalue weighted by atomic mass is 10.00. The molecule has 1 heterocycles. The van der Waals surface area contributed by atoms with Gasteiger partial charge >= 0.3 is 0 Å². The quantitative estimate of drug-likeness (QED) is 0.706. The van der Waals surface area contributed by atoms with Crippen LogP contribution in [0.2, 0.25) is 0 Å². The highest BCUT2D eigenvalue weighted by atomic mass is 16.5. The normalized spacial score (nSPS) is 10.3. The van der Waals surface area contributed by atoms with Gasteiger partial charge in [-0.15, -0.1) is 0 Å². The predicted molar refractivity (Wildman–Crippen MR) is 85.5 cm³/mol. The van der Waals surface area contributed by atoms with Crippen molar-refractivity contribution in [3.63, 3.8) is 0 Å². The Morgan fingerprint density at radius 1 is 0.810 bits per heavy atom. The Labute approximate surface area is 125 Å². The molecule has 0 radical (unpaired) electrons. The molecule has 0 unspecified atom stereocenters. The summed E-state index contributed by atoms with van der Waals surface area (Å²) in [5.41, 5.74) is 4.97. The van der Waals surface area contributed by atoms with Crippen LogP contribution in [0.1, 0.15) is 11.1 Å². The molecule has 0 saturated heterocycles. The highest BCUT2D eigenvalue weighted by Gasteiger charge is 2.02. The molecule has 1 aromatic heterocycles. The highest BCUT2D eigenvalue weighted by molar-refractivity contribution is 5.64. The molecule has 3 aromatic rings. The van der Waals surface area contributed by atoms with Crippen LogP contribution >= 0.6 is 0 Å². The van der Waals surface area contributed by atoms with Gasteiger partial charge in [-0.3, -0.25) is 0 Å². The van der Waals surface area contributed by atoms with Gasteiger partial charge in [0.25, 0.3) is 0 Å². The third-order valence-electron chi connectivity index (χ3n) is 3.45. The smallest absolute Gasteiger partial charge is 0.213 e. The molecule has 104 valence electrons. The van der Waals surface area contributed by atoms with E-state index >= 15 is 0 Å². The van der Waals surface area contributed by atoms with E-state index in [0.29, 0.717) is 5.88 Å². The minimum atomic E-state index is 0.659. The maximum absolute atomic E-state index is 5.17. The van der Waals surface area contributed by atoms with Crippen molar-refractivity contribution in [3.8, 4) is 17.0 Å². The zero-order valence-electron chi connectivity index (χ0n) is 12.0. The molecule has 0 aliphatic rings. The summed E-state index contributed by atoms with van der Waals surface area (Å²) in [4.78, 5) is 4.14. The van der Waals surface area contributed by atoms with Crippen molar-refractivity contribution in [3.05, 3.63) is 84.1 Å². The minimum Gasteiger partial charge on any atom is -0.481 e. The summed E-state index contributed by atoms with van der Waals surface area (Å²) in [5, 5.41) is 0. The number of hydrogen-bond donors (Lipinski definition) is 0. The van der Waals surface area contributed by atoms with Crippen LogP contribution < -0.4 is 4.74 Å². The second-order valence-corrected chi connectivity index (χ2v) is 4.95. The van der Waals surface area contributed by atoms with E-state index in [1.54, 1.807) is 13.3 Å². The topological polar surface area (TPSA) is 22.1 Å². The Morgan fingerprint density at radius 3 is 2.38 bits per heavy atom. The van der Waals surface area contributed by atoms with Crippen molar-refractivity contribution in [2.24, 2.45) is 0 Å². The number of methoxy groups -OCH3 is 1. The average molecular weight is 275 g/mol. The fraction of sp³-hybridized carbons (Fsp3) is 0.105. The molecule has 2 heteroatoms. The van der Waals surface area contributed by atoms with Crippen molar-refractivity contribution in [1.29, 1.82) is 0 Å². The van der Waals surface area contributed by atoms with E-state index in [1.807, 2.05) is 18.2 Å². The van der Waals surface area contributed by atoms with Gasteiger partial charge in [-0.2, -0.15) is 0 Å². The van der Waals surface area contributed by atoms with E-state index in [2.05, 4.69) is 53.5 Å². The van der Waals surface area contributed by atoms with Crippen molar-refractivity contribution < 1.29 is 4.74 Å². The van der Waals surface area contributed by atoms with Crippen LogP contribution in [0, 0.1) is 0 Å². The Bertz CT molecular complexity index is 722. The summed E-state index contributed by atoms with van der Waals surface area (Å²) in [5.74, 6) is 0.659. The molecule has 0 spiro atoms. The molecule has 2 nitrogen and oxygen atoms in total. The number of ether oxygens (including phenoxy) is 1. The van der Waals surface area contributed by atoms with Gasteiger partial charge in [0.05, 0.1) is 7.11 Å². The minimum absolute atomic E-state index is 0.659. The molecule has 0 saturated carbocycles. The highest BCUT2D eigenvalue weighted by Crippen LogP contribution is 2.22. The summed E-state index contributed by atoms with van der Waals surface area (Å²) in [6.45, 7) is 0. The van der Waals surface area contributed by atoms with Crippen LogP contribution in [0.5, 0.6) is 5.88 Å². The average Bonchev–Trinajstić information content (AvgIpc) is 2.56. The van der Waals surface area contributed by atoms with Crippen molar-refractivity contribution in [2.45, 2.75) is 6.42 Å². The molecule has 0 N–H and O–H groups in total. The molecule has 0 amide bonds. The molecule has 0 atom stereocenters. The van der Waals surface area contributed by atoms with Crippen molar-refractivity contribution in [1.82, 2.24) is 4.98 Å². The molecule has 0 aliphatic carbocycles. The first kappa shape index (κ1) is 13.4. The van der Waals surface area contributed by atoms with Crippen LogP contribution in [0.3, 0.4) is 0 Å². The SMILES string of the molecule is COc1cc(Cc2cccc(-c3ccccc3)c2)ccn1. The first-order valence-electron chi connectivity index (χ1n) is 6.98. The maximum Gasteiger partial charge on any atom is 0.213 e. The van der Waals surface area contributed by atoms with Crippen LogP contribution in [-0.4, -0.2) is 12.1 Å². The van der Waals surface area contributed by atoms with Gasteiger partial charge in [0.15, 0.2) is 0 Å². The Hall–Kier alpha value is -2.61. The van der Waals surface area contributed by atoms with E-state index < -0.39 is 0 Å². The lowest BCUT2D eigenvalue weighted by molar-refractivity contribution is 0.397. The van der Waals surface area contributed by atoms with E-state index in [0.717, 1.165) is 6.42 Å². The predicted octanol–water partition coefficient (Wildman–Crippen LogP) is 4.35. The zero-order chi connectivity index (χ0) is 14.5. The van der Waals surface area contributed by atoms with Gasteiger partial charge in [0.1, 0.15) is 0 Å². The van der Waals surface area contributed by atoms with Crippen LogP contribution in [-0.2, 0) is 6.42 Å². The Balaban J connectivity index is 1.86. The van der Waals surface area contributed by atoms with Crippen LogP contribution in [0.4, 0.5) is 0 Å². The standard InChI is InChI=1S/C19H17NO/c1-21-19-14-16(10-11-20-19)12-15-6-5-9-18(13-15)17-7-3-2-4-8-17/h2-11,13-14H,12H2,1H3. The fourth-order valence-electron chi connectivity index (χ4n) is 2.40. The van der Waals surface area contributed by atoms with Gasteiger partial charge in [-0.05, 0) is 34.7 Å². The van der Waals surface area contributed by atoms with Crippen LogP contribution in [0.25, 0.3) is 11.1 Å². The molecular formula is C19H17NO. The van der Waals surface area contributed by atoms with Gasteiger partial charge in [0.2, 0.25) is 5.88 Å². The molecule has 0 aliphatic heterocycles. The summed E-state index contributed by atoms with van der Waals surface area (Å²) in [6, 6.07) is 23.1.